The summed E-state index contributed by atoms with van der Waals surface area (Å²) in [5, 5.41) is 2.05. The number of aryl methyl sites for hydroxylation is 1. The molecule has 172 valence electrons. The van der Waals surface area contributed by atoms with Crippen molar-refractivity contribution < 1.29 is 13.2 Å². The molecule has 9 nitrogen and oxygen atoms in total. The fourth-order valence-corrected chi connectivity index (χ4v) is 4.86. The molecule has 1 aliphatic heterocycles. The van der Waals surface area contributed by atoms with Gasteiger partial charge in [-0.15, -0.1) is 0 Å². The Labute approximate surface area is 192 Å². The molecule has 2 aromatic carbocycles. The van der Waals surface area contributed by atoms with Gasteiger partial charge >= 0.3 is 10.2 Å². The normalized spacial score (nSPS) is 14.8. The monoisotopic (exact) mass is 466 g/mol. The molecule has 1 aliphatic rings. The second-order valence-corrected chi connectivity index (χ2v) is 9.92. The maximum atomic E-state index is 12.3. The summed E-state index contributed by atoms with van der Waals surface area (Å²) in [4.78, 5) is 12.1. The molecule has 0 unspecified atom stereocenters. The number of fused-ring (bicyclic) bond motifs is 3. The van der Waals surface area contributed by atoms with Gasteiger partial charge in [-0.25, -0.2) is 14.7 Å². The smallest absolute Gasteiger partial charge is 0.301 e. The van der Waals surface area contributed by atoms with E-state index in [1.807, 2.05) is 25.4 Å². The summed E-state index contributed by atoms with van der Waals surface area (Å²) in [5.74, 6) is 1.42. The zero-order chi connectivity index (χ0) is 23.2. The highest BCUT2D eigenvalue weighted by molar-refractivity contribution is 7.90. The van der Waals surface area contributed by atoms with Crippen molar-refractivity contribution in [1.29, 1.82) is 0 Å². The number of nitrogens with zero attached hydrogens (tertiary/aromatic N) is 5. The van der Waals surface area contributed by atoms with Crippen LogP contribution in [-0.2, 0) is 22.0 Å². The number of morpholine rings is 1. The van der Waals surface area contributed by atoms with Crippen molar-refractivity contribution in [3.63, 3.8) is 0 Å². The van der Waals surface area contributed by atoms with Crippen LogP contribution in [0.4, 0.5) is 11.5 Å². The number of rotatable bonds is 5. The Morgan fingerprint density at radius 1 is 1.06 bits per heavy atom. The highest BCUT2D eigenvalue weighted by Crippen LogP contribution is 2.33. The van der Waals surface area contributed by atoms with Gasteiger partial charge in [-0.3, -0.25) is 4.31 Å². The lowest BCUT2D eigenvalue weighted by molar-refractivity contribution is 0.122. The Bertz CT molecular complexity index is 1440. The van der Waals surface area contributed by atoms with Crippen molar-refractivity contribution in [2.24, 2.45) is 7.05 Å². The molecule has 0 amide bonds. The molecule has 0 atom stereocenters. The molecule has 10 heteroatoms. The van der Waals surface area contributed by atoms with E-state index in [4.69, 9.17) is 14.7 Å². The molecule has 0 spiro atoms. The van der Waals surface area contributed by atoms with Gasteiger partial charge < -0.3 is 14.2 Å². The van der Waals surface area contributed by atoms with Gasteiger partial charge in [0, 0.05) is 62.3 Å². The summed E-state index contributed by atoms with van der Waals surface area (Å²) >= 11 is 0. The predicted octanol–water partition coefficient (Wildman–Crippen LogP) is 2.53. The van der Waals surface area contributed by atoms with Crippen LogP contribution in [0.2, 0.25) is 0 Å². The van der Waals surface area contributed by atoms with Crippen molar-refractivity contribution >= 4 is 43.5 Å². The quantitative estimate of drug-likeness (QED) is 0.486. The van der Waals surface area contributed by atoms with Gasteiger partial charge in [0.2, 0.25) is 0 Å². The van der Waals surface area contributed by atoms with Crippen LogP contribution in [0.25, 0.3) is 33.2 Å². The third-order valence-corrected chi connectivity index (χ3v) is 7.55. The van der Waals surface area contributed by atoms with Crippen molar-refractivity contribution in [1.82, 2.24) is 19.3 Å². The minimum absolute atomic E-state index is 0.524. The van der Waals surface area contributed by atoms with Gasteiger partial charge in [-0.1, -0.05) is 12.1 Å². The van der Waals surface area contributed by atoms with E-state index >= 15 is 0 Å². The fraction of sp³-hybridized carbons (Fsp3) is 0.304. The summed E-state index contributed by atoms with van der Waals surface area (Å²) in [6.07, 6.45) is 2.03. The van der Waals surface area contributed by atoms with Crippen LogP contribution in [0.15, 0.2) is 48.7 Å². The number of nitrogens with one attached hydrogen (secondary N) is 1. The molecule has 1 N–H and O–H groups in total. The number of hydrogen-bond donors (Lipinski definition) is 1. The maximum Gasteiger partial charge on any atom is 0.301 e. The molecule has 2 aromatic heterocycles. The van der Waals surface area contributed by atoms with E-state index in [0.717, 1.165) is 46.3 Å². The summed E-state index contributed by atoms with van der Waals surface area (Å²) < 4.78 is 35.8. The van der Waals surface area contributed by atoms with Crippen molar-refractivity contribution in [2.45, 2.75) is 0 Å². The minimum atomic E-state index is -3.62. The van der Waals surface area contributed by atoms with Crippen molar-refractivity contribution in [2.75, 3.05) is 49.6 Å². The fourth-order valence-electron chi connectivity index (χ4n) is 4.19. The summed E-state index contributed by atoms with van der Waals surface area (Å²) in [5.41, 5.74) is 3.24. The zero-order valence-electron chi connectivity index (χ0n) is 18.8. The molecular formula is C23H26N6O3S. The minimum Gasteiger partial charge on any atom is -0.378 e. The zero-order valence-corrected chi connectivity index (χ0v) is 19.6. The van der Waals surface area contributed by atoms with Gasteiger partial charge in [0.15, 0.2) is 5.82 Å². The first-order valence-corrected chi connectivity index (χ1v) is 12.2. The molecule has 5 rings (SSSR count). The third kappa shape index (κ3) is 3.79. The lowest BCUT2D eigenvalue weighted by Crippen LogP contribution is -2.37. The standard InChI is InChI=1S/C23H26N6O3S/c1-24-33(30,31)28(3)17-6-4-5-16(15-17)22-25-21-18-9-10-27(2)20(18)8-7-19(21)23(26-22)29-11-13-32-14-12-29/h4-10,15,24H,11-14H2,1-3H3. The van der Waals surface area contributed by atoms with Gasteiger partial charge in [0.1, 0.15) is 5.82 Å². The molecule has 1 fully saturated rings. The van der Waals surface area contributed by atoms with Crippen LogP contribution in [-0.4, -0.2) is 63.4 Å². The number of aromatic nitrogens is 3. The Hall–Kier alpha value is -3.21. The van der Waals surface area contributed by atoms with Crippen LogP contribution in [0, 0.1) is 0 Å². The first-order chi connectivity index (χ1) is 15.9. The maximum absolute atomic E-state index is 12.3. The molecule has 0 radical (unpaired) electrons. The number of benzene rings is 2. The second kappa shape index (κ2) is 8.29. The van der Waals surface area contributed by atoms with E-state index in [9.17, 15) is 8.42 Å². The number of anilines is 2. The Morgan fingerprint density at radius 2 is 1.85 bits per heavy atom. The largest absolute Gasteiger partial charge is 0.378 e. The summed E-state index contributed by atoms with van der Waals surface area (Å²) in [6.45, 7) is 2.80. The molecule has 33 heavy (non-hydrogen) atoms. The first-order valence-electron chi connectivity index (χ1n) is 10.8. The lowest BCUT2D eigenvalue weighted by atomic mass is 10.1. The van der Waals surface area contributed by atoms with Gasteiger partial charge in [0.05, 0.1) is 24.4 Å². The van der Waals surface area contributed by atoms with Crippen LogP contribution in [0.5, 0.6) is 0 Å². The van der Waals surface area contributed by atoms with Gasteiger partial charge in [-0.05, 0) is 30.3 Å². The highest BCUT2D eigenvalue weighted by atomic mass is 32.2. The van der Waals surface area contributed by atoms with Crippen molar-refractivity contribution in [3.05, 3.63) is 48.7 Å². The Balaban J connectivity index is 1.72. The predicted molar refractivity (Wildman–Crippen MR) is 131 cm³/mol. The van der Waals surface area contributed by atoms with Gasteiger partial charge in [0.25, 0.3) is 0 Å². The second-order valence-electron chi connectivity index (χ2n) is 8.02. The summed E-state index contributed by atoms with van der Waals surface area (Å²) in [7, 11) is 1.30. The average Bonchev–Trinajstić information content (AvgIpc) is 3.24. The molecular weight excluding hydrogens is 440 g/mol. The first kappa shape index (κ1) is 21.6. The third-order valence-electron chi connectivity index (χ3n) is 6.11. The van der Waals surface area contributed by atoms with E-state index in [2.05, 4.69) is 32.4 Å². The molecule has 0 aliphatic carbocycles. The van der Waals surface area contributed by atoms with Crippen LogP contribution < -0.4 is 13.9 Å². The van der Waals surface area contributed by atoms with Crippen molar-refractivity contribution in [3.8, 4) is 11.4 Å². The Kier molecular flexibility index (Phi) is 5.43. The summed E-state index contributed by atoms with van der Waals surface area (Å²) in [6, 6.07) is 13.5. The number of hydrogen-bond acceptors (Lipinski definition) is 6. The lowest BCUT2D eigenvalue weighted by Gasteiger charge is -2.29. The Morgan fingerprint density at radius 3 is 2.61 bits per heavy atom. The molecule has 0 bridgehead atoms. The van der Waals surface area contributed by atoms with E-state index in [1.165, 1.54) is 18.4 Å². The van der Waals surface area contributed by atoms with E-state index in [0.29, 0.717) is 24.7 Å². The average molecular weight is 467 g/mol. The molecule has 0 saturated carbocycles. The SMILES string of the molecule is CNS(=O)(=O)N(C)c1cccc(-c2nc(N3CCOCC3)c3ccc4c(ccn4C)c3n2)c1. The molecule has 3 heterocycles. The van der Waals surface area contributed by atoms with Crippen LogP contribution in [0.3, 0.4) is 0 Å². The van der Waals surface area contributed by atoms with E-state index in [-0.39, 0.29) is 0 Å². The molecule has 1 saturated heterocycles. The van der Waals surface area contributed by atoms with Crippen LogP contribution >= 0.6 is 0 Å². The topological polar surface area (TPSA) is 92.6 Å². The van der Waals surface area contributed by atoms with Gasteiger partial charge in [-0.2, -0.15) is 8.42 Å². The van der Waals surface area contributed by atoms with E-state index < -0.39 is 10.2 Å². The van der Waals surface area contributed by atoms with Crippen LogP contribution in [0.1, 0.15) is 0 Å². The number of ether oxygens (including phenoxy) is 1. The van der Waals surface area contributed by atoms with E-state index in [1.54, 1.807) is 12.1 Å². The highest BCUT2D eigenvalue weighted by Gasteiger charge is 2.21. The molecule has 4 aromatic rings.